The van der Waals surface area contributed by atoms with E-state index in [4.69, 9.17) is 4.74 Å². The Morgan fingerprint density at radius 2 is 1.37 bits per heavy atom. The number of nitrogens with one attached hydrogen (secondary N) is 3. The minimum absolute atomic E-state index is 0.0586. The van der Waals surface area contributed by atoms with E-state index >= 15 is 0 Å². The number of hydrogen-bond acceptors (Lipinski definition) is 6. The van der Waals surface area contributed by atoms with Gasteiger partial charge in [0, 0.05) is 40.3 Å². The molecule has 0 radical (unpaired) electrons. The van der Waals surface area contributed by atoms with E-state index in [1.54, 1.807) is 44.4 Å². The summed E-state index contributed by atoms with van der Waals surface area (Å²) in [5.41, 5.74) is 1.62. The molecule has 43 heavy (non-hydrogen) atoms. The first-order valence-corrected chi connectivity index (χ1v) is 16.4. The molecule has 0 bridgehead atoms. The zero-order valence-corrected chi connectivity index (χ0v) is 27.4. The van der Waals surface area contributed by atoms with Crippen molar-refractivity contribution < 1.29 is 28.1 Å². The van der Waals surface area contributed by atoms with Crippen LogP contribution in [-0.4, -0.2) is 64.1 Å². The molecule has 3 atom stereocenters. The van der Waals surface area contributed by atoms with Crippen molar-refractivity contribution in [2.75, 3.05) is 12.8 Å². The second-order valence-corrected chi connectivity index (χ2v) is 13.2. The number of carbonyl (C=O) groups excluding carboxylic acids is 4. The van der Waals surface area contributed by atoms with Crippen LogP contribution in [0.3, 0.4) is 0 Å². The van der Waals surface area contributed by atoms with Crippen molar-refractivity contribution in [3.05, 3.63) is 71.8 Å². The van der Waals surface area contributed by atoms with Crippen molar-refractivity contribution in [2.45, 2.75) is 90.7 Å². The quantitative estimate of drug-likeness (QED) is 0.247. The normalized spacial score (nSPS) is 12.9. The van der Waals surface area contributed by atoms with Crippen LogP contribution in [-0.2, 0) is 31.5 Å². The maximum absolute atomic E-state index is 12.9. The maximum atomic E-state index is 12.9. The van der Waals surface area contributed by atoms with E-state index in [0.29, 0.717) is 30.1 Å². The van der Waals surface area contributed by atoms with E-state index < -0.39 is 22.9 Å². The number of alkyl carbamates (subject to hydrolysis) is 1. The van der Waals surface area contributed by atoms with Gasteiger partial charge in [-0.2, -0.15) is 0 Å². The standard InChI is InChI=1S/C29H39N3O5.C4H10OS/c1-20(2)27(28(35)23-14-9-6-10-15-23)32-25(33)17-11-16-24(18-22-12-7-5-8-13-22)31-26(34)19-30-29(36)37-21(3)4;1-4(2)6(3)5/h5-10,12-15,20-21,24,27H,11,16-19H2,1-4H3,(H,30,36)(H,31,34)(H,32,33);4H,1-3H3. The summed E-state index contributed by atoms with van der Waals surface area (Å²) in [7, 11) is -0.617. The largest absolute Gasteiger partial charge is 0.447 e. The number of rotatable bonds is 15. The summed E-state index contributed by atoms with van der Waals surface area (Å²) >= 11 is 0. The van der Waals surface area contributed by atoms with Crippen molar-refractivity contribution in [1.29, 1.82) is 0 Å². The number of hydrogen-bond donors (Lipinski definition) is 3. The van der Waals surface area contributed by atoms with Crippen LogP contribution in [0.25, 0.3) is 0 Å². The fraction of sp³-hybridized carbons (Fsp3) is 0.515. The van der Waals surface area contributed by atoms with E-state index in [9.17, 15) is 23.4 Å². The Morgan fingerprint density at radius 3 is 1.88 bits per heavy atom. The van der Waals surface area contributed by atoms with E-state index in [-0.39, 0.29) is 48.6 Å². The molecule has 2 rings (SSSR count). The summed E-state index contributed by atoms with van der Waals surface area (Å²) in [6.07, 6.45) is 2.69. The number of carbonyl (C=O) groups is 4. The molecule has 0 saturated carbocycles. The van der Waals surface area contributed by atoms with E-state index in [2.05, 4.69) is 16.0 Å². The summed E-state index contributed by atoms with van der Waals surface area (Å²) in [5.74, 6) is -0.705. The van der Waals surface area contributed by atoms with Gasteiger partial charge in [-0.25, -0.2) is 4.79 Å². The Morgan fingerprint density at radius 1 is 0.814 bits per heavy atom. The van der Waals surface area contributed by atoms with Crippen LogP contribution in [0.1, 0.15) is 76.7 Å². The number of ether oxygens (including phenoxy) is 1. The summed E-state index contributed by atoms with van der Waals surface area (Å²) in [6, 6.07) is 17.9. The van der Waals surface area contributed by atoms with Gasteiger partial charge in [0.2, 0.25) is 11.8 Å². The molecule has 9 nitrogen and oxygen atoms in total. The molecule has 0 spiro atoms. The molecule has 0 heterocycles. The Hall–Kier alpha value is -3.53. The number of Topliss-reactive ketones (excluding diaryl/α,β-unsaturated/α-hetero) is 1. The van der Waals surface area contributed by atoms with Gasteiger partial charge < -0.3 is 20.7 Å². The number of benzene rings is 2. The Kier molecular flexibility index (Phi) is 17.8. The lowest BCUT2D eigenvalue weighted by atomic mass is 9.94. The molecule has 2 aromatic rings. The molecular weight excluding hydrogens is 566 g/mol. The third-order valence-electron chi connectivity index (χ3n) is 6.37. The third kappa shape index (κ3) is 16.6. The SMILES string of the molecule is CC(C)OC(=O)NCC(=O)NC(CCCC(=O)NC(C(=O)c1ccccc1)C(C)C)Cc1ccccc1.CC(C)S(C)=O. The fourth-order valence-electron chi connectivity index (χ4n) is 3.88. The van der Waals surface area contributed by atoms with Gasteiger partial charge in [0.1, 0.15) is 6.54 Å². The van der Waals surface area contributed by atoms with Crippen molar-refractivity contribution in [3.63, 3.8) is 0 Å². The summed E-state index contributed by atoms with van der Waals surface area (Å²) < 4.78 is 15.2. The highest BCUT2D eigenvalue weighted by molar-refractivity contribution is 7.84. The van der Waals surface area contributed by atoms with Crippen LogP contribution >= 0.6 is 0 Å². The molecule has 3 N–H and O–H groups in total. The highest BCUT2D eigenvalue weighted by Crippen LogP contribution is 2.13. The van der Waals surface area contributed by atoms with Gasteiger partial charge in [0.05, 0.1) is 12.1 Å². The molecule has 0 aliphatic heterocycles. The van der Waals surface area contributed by atoms with Crippen molar-refractivity contribution in [2.24, 2.45) is 5.92 Å². The van der Waals surface area contributed by atoms with Gasteiger partial charge >= 0.3 is 6.09 Å². The first kappa shape index (κ1) is 37.5. The van der Waals surface area contributed by atoms with Crippen LogP contribution in [0.5, 0.6) is 0 Å². The molecule has 10 heteroatoms. The van der Waals surface area contributed by atoms with Crippen LogP contribution in [0.15, 0.2) is 60.7 Å². The van der Waals surface area contributed by atoms with Crippen molar-refractivity contribution in [1.82, 2.24) is 16.0 Å². The van der Waals surface area contributed by atoms with Crippen molar-refractivity contribution >= 4 is 34.5 Å². The molecule has 0 aromatic heterocycles. The topological polar surface area (TPSA) is 131 Å². The molecule has 3 unspecified atom stereocenters. The van der Waals surface area contributed by atoms with Crippen LogP contribution in [0.4, 0.5) is 4.79 Å². The van der Waals surface area contributed by atoms with E-state index in [1.165, 1.54) is 0 Å². The fourth-order valence-corrected chi connectivity index (χ4v) is 3.88. The smallest absolute Gasteiger partial charge is 0.407 e. The Bertz CT molecular complexity index is 1160. The number of amides is 3. The molecular formula is C33H49N3O6S. The van der Waals surface area contributed by atoms with Gasteiger partial charge in [-0.1, -0.05) is 88.4 Å². The maximum Gasteiger partial charge on any atom is 0.407 e. The molecule has 0 saturated heterocycles. The zero-order chi connectivity index (χ0) is 32.4. The van der Waals surface area contributed by atoms with Gasteiger partial charge in [-0.3, -0.25) is 18.6 Å². The lowest BCUT2D eigenvalue weighted by molar-refractivity contribution is -0.122. The zero-order valence-electron chi connectivity index (χ0n) is 26.6. The highest BCUT2D eigenvalue weighted by Gasteiger charge is 2.25. The van der Waals surface area contributed by atoms with Gasteiger partial charge in [-0.05, 0) is 44.6 Å². The molecule has 2 aromatic carbocycles. The molecule has 0 aliphatic carbocycles. The monoisotopic (exact) mass is 615 g/mol. The molecule has 0 fully saturated rings. The van der Waals surface area contributed by atoms with E-state index in [0.717, 1.165) is 5.56 Å². The molecule has 0 aliphatic rings. The minimum Gasteiger partial charge on any atom is -0.447 e. The second-order valence-electron chi connectivity index (χ2n) is 11.2. The van der Waals surface area contributed by atoms with Gasteiger partial charge in [0.15, 0.2) is 5.78 Å². The Labute approximate surface area is 259 Å². The predicted molar refractivity (Wildman–Crippen MR) is 172 cm³/mol. The minimum atomic E-state index is -0.647. The molecule has 238 valence electrons. The lowest BCUT2D eigenvalue weighted by Gasteiger charge is -2.22. The second kappa shape index (κ2) is 20.4. The highest BCUT2D eigenvalue weighted by atomic mass is 32.2. The summed E-state index contributed by atoms with van der Waals surface area (Å²) in [5, 5.41) is 8.61. The first-order valence-electron chi connectivity index (χ1n) is 14.8. The van der Waals surface area contributed by atoms with Gasteiger partial charge in [0.25, 0.3) is 0 Å². The third-order valence-corrected chi connectivity index (χ3v) is 7.70. The van der Waals surface area contributed by atoms with Crippen molar-refractivity contribution in [3.8, 4) is 0 Å². The van der Waals surface area contributed by atoms with Gasteiger partial charge in [-0.15, -0.1) is 0 Å². The molecule has 3 amide bonds. The number of ketones is 1. The average molecular weight is 616 g/mol. The summed E-state index contributed by atoms with van der Waals surface area (Å²) in [6.45, 7) is 10.9. The lowest BCUT2D eigenvalue weighted by Crippen LogP contribution is -2.45. The average Bonchev–Trinajstić information content (AvgIpc) is 2.95. The van der Waals surface area contributed by atoms with Crippen LogP contribution in [0.2, 0.25) is 0 Å². The van der Waals surface area contributed by atoms with Crippen LogP contribution < -0.4 is 16.0 Å². The first-order chi connectivity index (χ1) is 20.3. The summed E-state index contributed by atoms with van der Waals surface area (Å²) in [4.78, 5) is 49.7. The van der Waals surface area contributed by atoms with Crippen LogP contribution in [0, 0.1) is 5.92 Å². The van der Waals surface area contributed by atoms with E-state index in [1.807, 2.05) is 64.1 Å². The Balaban J connectivity index is 0.00000139. The predicted octanol–water partition coefficient (Wildman–Crippen LogP) is 4.82.